The van der Waals surface area contributed by atoms with Crippen molar-refractivity contribution < 1.29 is 28.6 Å². The molecule has 0 aliphatic heterocycles. The lowest BCUT2D eigenvalue weighted by Gasteiger charge is -2.18. The number of carbonyl (C=O) groups excluding carboxylic acids is 3. The highest BCUT2D eigenvalue weighted by molar-refractivity contribution is 5.71. The third kappa shape index (κ3) is 48.0. The Morgan fingerprint density at radius 2 is 0.623 bits per heavy atom. The van der Waals surface area contributed by atoms with E-state index in [1.165, 1.54) is 103 Å². The van der Waals surface area contributed by atoms with Crippen molar-refractivity contribution >= 4 is 17.9 Å². The van der Waals surface area contributed by atoms with Gasteiger partial charge in [-0.15, -0.1) is 0 Å². The number of allylic oxidation sites excluding steroid dienone is 10. The molecule has 0 heterocycles. The van der Waals surface area contributed by atoms with E-state index in [-0.39, 0.29) is 31.1 Å². The molecule has 0 saturated heterocycles. The SMILES string of the molecule is CCC/C=C\C/C=C\CCCCCCCC(=O)OC(COC(=O)CCCCCCC/C=C\CCCCC)COC(=O)CCCCCCCCC/C=C\C/C=C\CCCCCC. The summed E-state index contributed by atoms with van der Waals surface area (Å²) >= 11 is 0. The fourth-order valence-electron chi connectivity index (χ4n) is 7.03. The van der Waals surface area contributed by atoms with E-state index in [1.807, 2.05) is 0 Å². The molecule has 0 amide bonds. The van der Waals surface area contributed by atoms with Crippen molar-refractivity contribution in [3.05, 3.63) is 60.8 Å². The van der Waals surface area contributed by atoms with Crippen LogP contribution in [0.4, 0.5) is 0 Å². The van der Waals surface area contributed by atoms with Gasteiger partial charge in [-0.3, -0.25) is 14.4 Å². The molecule has 6 nitrogen and oxygen atoms in total. The largest absolute Gasteiger partial charge is 0.462 e. The Balaban J connectivity index is 4.38. The molecule has 1 unspecified atom stereocenters. The number of unbranched alkanes of at least 4 members (excludes halogenated alkanes) is 25. The summed E-state index contributed by atoms with van der Waals surface area (Å²) in [5.41, 5.74) is 0. The predicted molar refractivity (Wildman–Crippen MR) is 261 cm³/mol. The van der Waals surface area contributed by atoms with E-state index in [4.69, 9.17) is 14.2 Å². The third-order valence-corrected chi connectivity index (χ3v) is 10.9. The van der Waals surface area contributed by atoms with Crippen LogP contribution in [-0.2, 0) is 28.6 Å². The molecule has 0 N–H and O–H groups in total. The average Bonchev–Trinajstić information content (AvgIpc) is 3.26. The van der Waals surface area contributed by atoms with Gasteiger partial charge in [0.05, 0.1) is 0 Å². The van der Waals surface area contributed by atoms with Crippen LogP contribution in [0.5, 0.6) is 0 Å². The third-order valence-electron chi connectivity index (χ3n) is 10.9. The smallest absolute Gasteiger partial charge is 0.306 e. The first-order valence-electron chi connectivity index (χ1n) is 25.8. The summed E-state index contributed by atoms with van der Waals surface area (Å²) in [5.74, 6) is -0.915. The summed E-state index contributed by atoms with van der Waals surface area (Å²) in [7, 11) is 0. The van der Waals surface area contributed by atoms with Crippen LogP contribution in [0.1, 0.15) is 252 Å². The van der Waals surface area contributed by atoms with Crippen LogP contribution in [0, 0.1) is 0 Å². The Morgan fingerprint density at radius 3 is 1.02 bits per heavy atom. The van der Waals surface area contributed by atoms with Crippen LogP contribution >= 0.6 is 0 Å². The Bertz CT molecular complexity index is 1120. The molecule has 0 aliphatic rings. The fraction of sp³-hybridized carbons (Fsp3) is 0.764. The molecule has 0 aromatic heterocycles. The van der Waals surface area contributed by atoms with E-state index in [2.05, 4.69) is 81.5 Å². The lowest BCUT2D eigenvalue weighted by atomic mass is 10.1. The minimum absolute atomic E-state index is 0.0867. The molecule has 0 rings (SSSR count). The van der Waals surface area contributed by atoms with E-state index in [1.54, 1.807) is 0 Å². The van der Waals surface area contributed by atoms with E-state index >= 15 is 0 Å². The van der Waals surface area contributed by atoms with Gasteiger partial charge in [-0.1, -0.05) is 191 Å². The van der Waals surface area contributed by atoms with Crippen molar-refractivity contribution in [2.45, 2.75) is 258 Å². The van der Waals surface area contributed by atoms with Crippen molar-refractivity contribution in [3.63, 3.8) is 0 Å². The predicted octanol–water partition coefficient (Wildman–Crippen LogP) is 16.9. The van der Waals surface area contributed by atoms with Gasteiger partial charge >= 0.3 is 17.9 Å². The summed E-state index contributed by atoms with van der Waals surface area (Å²) in [6, 6.07) is 0. The van der Waals surface area contributed by atoms with Crippen molar-refractivity contribution in [1.82, 2.24) is 0 Å². The first-order chi connectivity index (χ1) is 30.0. The summed E-state index contributed by atoms with van der Waals surface area (Å²) in [4.78, 5) is 37.9. The summed E-state index contributed by atoms with van der Waals surface area (Å²) < 4.78 is 16.8. The minimum atomic E-state index is -0.786. The molecular weight excluding hydrogens is 757 g/mol. The molecule has 6 heteroatoms. The van der Waals surface area contributed by atoms with Gasteiger partial charge in [0, 0.05) is 19.3 Å². The van der Waals surface area contributed by atoms with Gasteiger partial charge in [0.25, 0.3) is 0 Å². The van der Waals surface area contributed by atoms with E-state index in [0.29, 0.717) is 19.3 Å². The fourth-order valence-corrected chi connectivity index (χ4v) is 7.03. The highest BCUT2D eigenvalue weighted by atomic mass is 16.6. The Kier molecular flexibility index (Phi) is 47.4. The maximum Gasteiger partial charge on any atom is 0.306 e. The van der Waals surface area contributed by atoms with Crippen LogP contribution < -0.4 is 0 Å². The molecule has 0 fully saturated rings. The summed E-state index contributed by atoms with van der Waals surface area (Å²) in [6.45, 7) is 6.51. The second-order valence-corrected chi connectivity index (χ2v) is 17.1. The molecule has 0 aromatic carbocycles. The monoisotopic (exact) mass is 853 g/mol. The number of hydrogen-bond acceptors (Lipinski definition) is 6. The lowest BCUT2D eigenvalue weighted by molar-refractivity contribution is -0.167. The molecule has 0 aromatic rings. The second-order valence-electron chi connectivity index (χ2n) is 17.1. The Labute approximate surface area is 377 Å². The zero-order chi connectivity index (χ0) is 44.4. The molecular formula is C55H96O6. The summed E-state index contributed by atoms with van der Waals surface area (Å²) in [5, 5.41) is 0. The zero-order valence-corrected chi connectivity index (χ0v) is 40.2. The van der Waals surface area contributed by atoms with Gasteiger partial charge in [0.1, 0.15) is 13.2 Å². The van der Waals surface area contributed by atoms with Gasteiger partial charge in [0.2, 0.25) is 0 Å². The Morgan fingerprint density at radius 1 is 0.328 bits per heavy atom. The summed E-state index contributed by atoms with van der Waals surface area (Å²) in [6.07, 6.45) is 60.5. The van der Waals surface area contributed by atoms with Crippen LogP contribution in [0.15, 0.2) is 60.8 Å². The number of hydrogen-bond donors (Lipinski definition) is 0. The highest BCUT2D eigenvalue weighted by Gasteiger charge is 2.19. The van der Waals surface area contributed by atoms with Crippen LogP contribution in [0.3, 0.4) is 0 Å². The molecule has 0 spiro atoms. The van der Waals surface area contributed by atoms with Crippen molar-refractivity contribution in [2.24, 2.45) is 0 Å². The number of ether oxygens (including phenoxy) is 3. The highest BCUT2D eigenvalue weighted by Crippen LogP contribution is 2.14. The van der Waals surface area contributed by atoms with E-state index in [0.717, 1.165) is 109 Å². The van der Waals surface area contributed by atoms with Crippen molar-refractivity contribution in [2.75, 3.05) is 13.2 Å². The van der Waals surface area contributed by atoms with Gasteiger partial charge in [-0.2, -0.15) is 0 Å². The average molecular weight is 853 g/mol. The molecule has 61 heavy (non-hydrogen) atoms. The minimum Gasteiger partial charge on any atom is -0.462 e. The first-order valence-corrected chi connectivity index (χ1v) is 25.8. The molecule has 1 atom stereocenters. The van der Waals surface area contributed by atoms with Gasteiger partial charge < -0.3 is 14.2 Å². The van der Waals surface area contributed by atoms with E-state index < -0.39 is 6.10 Å². The van der Waals surface area contributed by atoms with E-state index in [9.17, 15) is 14.4 Å². The zero-order valence-electron chi connectivity index (χ0n) is 40.2. The topological polar surface area (TPSA) is 78.9 Å². The maximum atomic E-state index is 12.8. The standard InChI is InChI=1S/C55H96O6/c1-4-7-10-13-16-19-22-25-26-27-28-29-31-33-36-39-42-45-48-54(57)60-51-52(50-59-53(56)47-44-41-38-35-32-24-21-18-15-12-9-6-3)61-55(58)49-46-43-40-37-34-30-23-20-17-14-11-8-5-2/h11,14,18-23,26-27,52H,4-10,12-13,15-17,24-25,28-51H2,1-3H3/b14-11-,21-18-,22-19-,23-20-,27-26-. The number of carbonyl (C=O) groups is 3. The van der Waals surface area contributed by atoms with Crippen molar-refractivity contribution in [3.8, 4) is 0 Å². The lowest BCUT2D eigenvalue weighted by Crippen LogP contribution is -2.30. The Hall–Kier alpha value is -2.89. The number of rotatable bonds is 46. The molecule has 0 saturated carbocycles. The van der Waals surface area contributed by atoms with Gasteiger partial charge in [-0.05, 0) is 103 Å². The normalized spacial score (nSPS) is 12.5. The molecule has 0 aliphatic carbocycles. The molecule has 0 radical (unpaired) electrons. The van der Waals surface area contributed by atoms with Crippen LogP contribution in [-0.4, -0.2) is 37.2 Å². The van der Waals surface area contributed by atoms with Crippen LogP contribution in [0.25, 0.3) is 0 Å². The molecule has 352 valence electrons. The first kappa shape index (κ1) is 58.1. The van der Waals surface area contributed by atoms with Gasteiger partial charge in [0.15, 0.2) is 6.10 Å². The molecule has 0 bridgehead atoms. The quantitative estimate of drug-likeness (QED) is 0.0263. The van der Waals surface area contributed by atoms with Crippen LogP contribution in [0.2, 0.25) is 0 Å². The number of esters is 3. The maximum absolute atomic E-state index is 12.8. The van der Waals surface area contributed by atoms with Crippen molar-refractivity contribution in [1.29, 1.82) is 0 Å². The van der Waals surface area contributed by atoms with Gasteiger partial charge in [-0.25, -0.2) is 0 Å². The second kappa shape index (κ2) is 49.8.